The van der Waals surface area contributed by atoms with E-state index >= 15 is 0 Å². The lowest BCUT2D eigenvalue weighted by atomic mass is 9.64. The van der Waals surface area contributed by atoms with E-state index in [2.05, 4.69) is 19.1 Å². The minimum atomic E-state index is -0.102. The Morgan fingerprint density at radius 3 is 2.80 bits per heavy atom. The lowest BCUT2D eigenvalue weighted by molar-refractivity contribution is -0.0244. The fourth-order valence-electron chi connectivity index (χ4n) is 6.52. The van der Waals surface area contributed by atoms with Crippen molar-refractivity contribution in [3.05, 3.63) is 34.4 Å². The molecule has 2 heteroatoms. The number of ether oxygens (including phenoxy) is 1. The van der Waals surface area contributed by atoms with Crippen LogP contribution in [0.3, 0.4) is 0 Å². The minimum Gasteiger partial charge on any atom is -0.393 e. The number of aliphatic hydroxyl groups is 1. The highest BCUT2D eigenvalue weighted by atomic mass is 16.5. The van der Waals surface area contributed by atoms with Gasteiger partial charge in [-0.05, 0) is 98.3 Å². The fourth-order valence-corrected chi connectivity index (χ4v) is 6.52. The van der Waals surface area contributed by atoms with Gasteiger partial charge in [-0.2, -0.15) is 0 Å². The zero-order valence-electron chi connectivity index (χ0n) is 15.6. The standard InChI is InChI=1S/C23H32O2/c1-23-12-11-18-17-7-6-16(21-4-2-3-13-25-21)14-15(17)5-8-19(18)20(23)9-10-22(23)24/h5,8,16,20-22,24H,2-4,6-7,9-14H2,1H3/t16-,20?,21?,22+,23?/m0/s1. The number of aliphatic hydroxyl groups excluding tert-OH is 1. The molecule has 3 aliphatic carbocycles. The molecule has 136 valence electrons. The summed E-state index contributed by atoms with van der Waals surface area (Å²) in [5.74, 6) is 1.31. The zero-order chi connectivity index (χ0) is 17.0. The van der Waals surface area contributed by atoms with Gasteiger partial charge in [-0.3, -0.25) is 0 Å². The first-order chi connectivity index (χ1) is 12.2. The maximum Gasteiger partial charge on any atom is 0.0606 e. The summed E-state index contributed by atoms with van der Waals surface area (Å²) in [5, 5.41) is 10.5. The van der Waals surface area contributed by atoms with Crippen LogP contribution in [0.1, 0.15) is 80.0 Å². The van der Waals surface area contributed by atoms with Gasteiger partial charge >= 0.3 is 0 Å². The Morgan fingerprint density at radius 2 is 1.96 bits per heavy atom. The number of benzene rings is 1. The number of rotatable bonds is 1. The van der Waals surface area contributed by atoms with Crippen LogP contribution in [0.25, 0.3) is 0 Å². The van der Waals surface area contributed by atoms with Crippen molar-refractivity contribution in [2.45, 2.75) is 89.3 Å². The van der Waals surface area contributed by atoms with Crippen LogP contribution in [0.5, 0.6) is 0 Å². The molecule has 3 unspecified atom stereocenters. The van der Waals surface area contributed by atoms with E-state index in [-0.39, 0.29) is 11.5 Å². The highest BCUT2D eigenvalue weighted by Crippen LogP contribution is 2.56. The monoisotopic (exact) mass is 340 g/mol. The van der Waals surface area contributed by atoms with Crippen LogP contribution in [0.2, 0.25) is 0 Å². The van der Waals surface area contributed by atoms with Gasteiger partial charge in [0.2, 0.25) is 0 Å². The third-order valence-corrected chi connectivity index (χ3v) is 8.13. The molecule has 1 aromatic carbocycles. The predicted molar refractivity (Wildman–Crippen MR) is 100.0 cm³/mol. The summed E-state index contributed by atoms with van der Waals surface area (Å²) in [6, 6.07) is 4.86. The zero-order valence-corrected chi connectivity index (χ0v) is 15.6. The van der Waals surface area contributed by atoms with Gasteiger partial charge in [-0.15, -0.1) is 0 Å². The van der Waals surface area contributed by atoms with Gasteiger partial charge in [-0.1, -0.05) is 19.1 Å². The van der Waals surface area contributed by atoms with E-state index in [0.717, 1.165) is 25.4 Å². The SMILES string of the molecule is CC12CCc3c(ccc4c3CC[C@H](C3CCCCO3)C4)C1CC[C@H]2O. The summed E-state index contributed by atoms with van der Waals surface area (Å²) in [5.41, 5.74) is 6.64. The van der Waals surface area contributed by atoms with Crippen molar-refractivity contribution < 1.29 is 9.84 Å². The molecule has 1 N–H and O–H groups in total. The van der Waals surface area contributed by atoms with Gasteiger partial charge in [0, 0.05) is 12.0 Å². The lowest BCUT2D eigenvalue weighted by Gasteiger charge is -2.42. The average molecular weight is 341 g/mol. The summed E-state index contributed by atoms with van der Waals surface area (Å²) in [6.45, 7) is 3.30. The molecule has 0 amide bonds. The normalized spacial score (nSPS) is 40.2. The minimum absolute atomic E-state index is 0.102. The summed E-state index contributed by atoms with van der Waals surface area (Å²) in [7, 11) is 0. The maximum absolute atomic E-state index is 10.5. The Bertz CT molecular complexity index is 660. The van der Waals surface area contributed by atoms with Gasteiger partial charge in [0.15, 0.2) is 0 Å². The van der Waals surface area contributed by atoms with Crippen molar-refractivity contribution >= 4 is 0 Å². The van der Waals surface area contributed by atoms with Crippen LogP contribution in [-0.2, 0) is 24.0 Å². The first-order valence-electron chi connectivity index (χ1n) is 10.6. The van der Waals surface area contributed by atoms with Gasteiger partial charge in [-0.25, -0.2) is 0 Å². The van der Waals surface area contributed by atoms with Crippen LogP contribution in [0.4, 0.5) is 0 Å². The van der Waals surface area contributed by atoms with Gasteiger partial charge in [0.05, 0.1) is 12.2 Å². The molecule has 2 fully saturated rings. The Labute approximate surface area is 152 Å². The third kappa shape index (κ3) is 2.51. The van der Waals surface area contributed by atoms with Crippen molar-refractivity contribution in [2.24, 2.45) is 11.3 Å². The smallest absolute Gasteiger partial charge is 0.0606 e. The molecule has 5 rings (SSSR count). The topological polar surface area (TPSA) is 29.5 Å². The molecule has 0 bridgehead atoms. The average Bonchev–Trinajstić information content (AvgIpc) is 2.97. The van der Waals surface area contributed by atoms with Crippen molar-refractivity contribution in [3.8, 4) is 0 Å². The Kier molecular flexibility index (Phi) is 3.98. The number of fused-ring (bicyclic) bond motifs is 5. The van der Waals surface area contributed by atoms with Crippen LogP contribution in [0, 0.1) is 11.3 Å². The molecular weight excluding hydrogens is 308 g/mol. The number of hydrogen-bond acceptors (Lipinski definition) is 2. The Balaban J connectivity index is 1.44. The molecule has 0 aromatic heterocycles. The van der Waals surface area contributed by atoms with E-state index in [1.165, 1.54) is 51.4 Å². The van der Waals surface area contributed by atoms with Crippen LogP contribution < -0.4 is 0 Å². The molecule has 1 heterocycles. The van der Waals surface area contributed by atoms with Crippen LogP contribution in [0.15, 0.2) is 12.1 Å². The first kappa shape index (κ1) is 16.3. The van der Waals surface area contributed by atoms with E-state index in [9.17, 15) is 5.11 Å². The quantitative estimate of drug-likeness (QED) is 0.812. The van der Waals surface area contributed by atoms with Crippen molar-refractivity contribution in [3.63, 3.8) is 0 Å². The van der Waals surface area contributed by atoms with Crippen molar-refractivity contribution in [1.82, 2.24) is 0 Å². The Hall–Kier alpha value is -0.860. The molecule has 1 saturated heterocycles. The van der Waals surface area contributed by atoms with E-state index in [0.29, 0.717) is 12.0 Å². The van der Waals surface area contributed by atoms with Crippen molar-refractivity contribution in [1.29, 1.82) is 0 Å². The summed E-state index contributed by atoms with van der Waals surface area (Å²) in [6.07, 6.45) is 12.5. The molecule has 1 aromatic rings. The second-order valence-corrected chi connectivity index (χ2v) is 9.33. The first-order valence-corrected chi connectivity index (χ1v) is 10.6. The fraction of sp³-hybridized carbons (Fsp3) is 0.739. The second kappa shape index (κ2) is 6.09. The third-order valence-electron chi connectivity index (χ3n) is 8.13. The van der Waals surface area contributed by atoms with Crippen molar-refractivity contribution in [2.75, 3.05) is 6.61 Å². The molecule has 25 heavy (non-hydrogen) atoms. The maximum atomic E-state index is 10.5. The predicted octanol–water partition coefficient (Wildman–Crippen LogP) is 4.55. The van der Waals surface area contributed by atoms with E-state index < -0.39 is 0 Å². The molecule has 0 radical (unpaired) electrons. The molecule has 0 spiro atoms. The molecule has 5 atom stereocenters. The molecule has 2 nitrogen and oxygen atoms in total. The largest absolute Gasteiger partial charge is 0.393 e. The summed E-state index contributed by atoms with van der Waals surface area (Å²) >= 11 is 0. The van der Waals surface area contributed by atoms with Gasteiger partial charge in [0.25, 0.3) is 0 Å². The van der Waals surface area contributed by atoms with E-state index in [1.807, 2.05) is 0 Å². The van der Waals surface area contributed by atoms with E-state index in [1.54, 1.807) is 22.3 Å². The summed E-state index contributed by atoms with van der Waals surface area (Å²) < 4.78 is 6.10. The molecule has 1 saturated carbocycles. The molecular formula is C23H32O2. The highest BCUT2D eigenvalue weighted by molar-refractivity contribution is 5.47. The highest BCUT2D eigenvalue weighted by Gasteiger charge is 2.49. The second-order valence-electron chi connectivity index (χ2n) is 9.33. The molecule has 4 aliphatic rings. The number of hydrogen-bond donors (Lipinski definition) is 1. The van der Waals surface area contributed by atoms with Gasteiger partial charge in [0.1, 0.15) is 0 Å². The lowest BCUT2D eigenvalue weighted by Crippen LogP contribution is -2.36. The summed E-state index contributed by atoms with van der Waals surface area (Å²) in [4.78, 5) is 0. The Morgan fingerprint density at radius 1 is 1.04 bits per heavy atom. The van der Waals surface area contributed by atoms with E-state index in [4.69, 9.17) is 4.74 Å². The van der Waals surface area contributed by atoms with Gasteiger partial charge < -0.3 is 9.84 Å². The van der Waals surface area contributed by atoms with Crippen LogP contribution in [-0.4, -0.2) is 23.9 Å². The van der Waals surface area contributed by atoms with Crippen LogP contribution >= 0.6 is 0 Å². The molecule has 1 aliphatic heterocycles.